The summed E-state index contributed by atoms with van der Waals surface area (Å²) in [7, 11) is 1.61. The maximum absolute atomic E-state index is 12.8. The summed E-state index contributed by atoms with van der Waals surface area (Å²) in [4.78, 5) is 23.9. The molecule has 1 fully saturated rings. The van der Waals surface area contributed by atoms with E-state index in [0.717, 1.165) is 34.8 Å². The molecular weight excluding hydrogens is 382 g/mol. The van der Waals surface area contributed by atoms with Gasteiger partial charge in [0.05, 0.1) is 19.4 Å². The minimum atomic E-state index is -0.125. The van der Waals surface area contributed by atoms with Gasteiger partial charge in [0, 0.05) is 25.0 Å². The topological polar surface area (TPSA) is 85.4 Å². The number of fused-ring (bicyclic) bond motifs is 1. The Bertz CT molecular complexity index is 1170. The molecule has 0 saturated carbocycles. The lowest BCUT2D eigenvalue weighted by molar-refractivity contribution is 0.221. The minimum Gasteiger partial charge on any atom is -0.497 e. The molecule has 4 aromatic rings. The van der Waals surface area contributed by atoms with Crippen LogP contribution in [0.4, 0.5) is 10.5 Å². The Morgan fingerprint density at radius 2 is 2.07 bits per heavy atom. The van der Waals surface area contributed by atoms with Gasteiger partial charge in [-0.3, -0.25) is 0 Å². The quantitative estimate of drug-likeness (QED) is 0.553. The zero-order valence-corrected chi connectivity index (χ0v) is 16.5. The lowest BCUT2D eigenvalue weighted by Crippen LogP contribution is -2.33. The van der Waals surface area contributed by atoms with E-state index >= 15 is 0 Å². The number of carbonyl (C=O) groups is 1. The van der Waals surface area contributed by atoms with Crippen molar-refractivity contribution >= 4 is 22.9 Å². The number of urea groups is 1. The van der Waals surface area contributed by atoms with Gasteiger partial charge in [0.25, 0.3) is 0 Å². The maximum Gasteiger partial charge on any atom is 0.321 e. The second-order valence-electron chi connectivity index (χ2n) is 7.18. The van der Waals surface area contributed by atoms with E-state index < -0.39 is 0 Å². The number of benzene rings is 1. The van der Waals surface area contributed by atoms with Gasteiger partial charge in [0.15, 0.2) is 17.2 Å². The Kier molecular flexibility index (Phi) is 4.59. The van der Waals surface area contributed by atoms with Crippen molar-refractivity contribution in [3.63, 3.8) is 0 Å². The normalized spacial score (nSPS) is 16.2. The van der Waals surface area contributed by atoms with Gasteiger partial charge >= 0.3 is 6.03 Å². The number of furan rings is 1. The molecule has 8 heteroatoms. The lowest BCUT2D eigenvalue weighted by atomic mass is 10.2. The molecule has 1 aliphatic heterocycles. The van der Waals surface area contributed by atoms with Crippen LogP contribution in [0, 0.1) is 0 Å². The van der Waals surface area contributed by atoms with Crippen LogP contribution in [0.1, 0.15) is 12.5 Å². The summed E-state index contributed by atoms with van der Waals surface area (Å²) in [5, 5.41) is 2.95. The number of rotatable bonds is 4. The van der Waals surface area contributed by atoms with Gasteiger partial charge in [-0.15, -0.1) is 0 Å². The number of pyridine rings is 1. The molecule has 0 spiro atoms. The number of aromatic nitrogens is 3. The predicted molar refractivity (Wildman–Crippen MR) is 112 cm³/mol. The van der Waals surface area contributed by atoms with Gasteiger partial charge < -0.3 is 23.9 Å². The van der Waals surface area contributed by atoms with E-state index in [2.05, 4.69) is 14.9 Å². The number of carbonyl (C=O) groups excluding carboxylic acids is 1. The summed E-state index contributed by atoms with van der Waals surface area (Å²) in [6, 6.07) is 14.8. The van der Waals surface area contributed by atoms with Gasteiger partial charge in [-0.1, -0.05) is 0 Å². The molecule has 4 heterocycles. The van der Waals surface area contributed by atoms with Crippen LogP contribution in [0.3, 0.4) is 0 Å². The Morgan fingerprint density at radius 3 is 2.83 bits per heavy atom. The monoisotopic (exact) mass is 403 g/mol. The highest BCUT2D eigenvalue weighted by molar-refractivity contribution is 5.89. The number of hydrogen-bond donors (Lipinski definition) is 1. The molecule has 2 amide bonds. The first-order valence-electron chi connectivity index (χ1n) is 9.80. The average molecular weight is 403 g/mol. The molecule has 1 saturated heterocycles. The first kappa shape index (κ1) is 18.2. The largest absolute Gasteiger partial charge is 0.497 e. The van der Waals surface area contributed by atoms with Gasteiger partial charge in [-0.25, -0.2) is 14.8 Å². The van der Waals surface area contributed by atoms with Crippen LogP contribution in [0.5, 0.6) is 5.75 Å². The highest BCUT2D eigenvalue weighted by Gasteiger charge is 2.31. The molecule has 5 rings (SSSR count). The molecule has 0 radical (unpaired) electrons. The highest BCUT2D eigenvalue weighted by atomic mass is 16.5. The molecule has 1 atom stereocenters. The van der Waals surface area contributed by atoms with Crippen molar-refractivity contribution in [1.29, 1.82) is 0 Å². The van der Waals surface area contributed by atoms with E-state index in [4.69, 9.17) is 14.1 Å². The second kappa shape index (κ2) is 7.55. The van der Waals surface area contributed by atoms with Crippen molar-refractivity contribution in [3.8, 4) is 17.3 Å². The Morgan fingerprint density at radius 1 is 1.20 bits per heavy atom. The van der Waals surface area contributed by atoms with Crippen molar-refractivity contribution < 1.29 is 13.9 Å². The minimum absolute atomic E-state index is 0.0617. The molecule has 30 heavy (non-hydrogen) atoms. The molecule has 1 N–H and O–H groups in total. The van der Waals surface area contributed by atoms with Gasteiger partial charge in [-0.2, -0.15) is 0 Å². The molecule has 8 nitrogen and oxygen atoms in total. The molecular formula is C22H21N5O3. The molecule has 0 bridgehead atoms. The SMILES string of the molecule is COc1ccc(NC(=O)N2CC[C@H](n3c(-c4ccco4)nc4cccnc43)C2)cc1. The van der Waals surface area contributed by atoms with Crippen LogP contribution >= 0.6 is 0 Å². The van der Waals surface area contributed by atoms with E-state index in [1.807, 2.05) is 53.4 Å². The van der Waals surface area contributed by atoms with Crippen molar-refractivity contribution in [2.45, 2.75) is 12.5 Å². The number of nitrogens with one attached hydrogen (secondary N) is 1. The third-order valence-corrected chi connectivity index (χ3v) is 5.35. The predicted octanol–water partition coefficient (Wildman–Crippen LogP) is 4.18. The molecule has 0 aliphatic carbocycles. The summed E-state index contributed by atoms with van der Waals surface area (Å²) < 4.78 is 12.9. The van der Waals surface area contributed by atoms with Gasteiger partial charge in [0.1, 0.15) is 11.3 Å². The summed E-state index contributed by atoms with van der Waals surface area (Å²) in [6.07, 6.45) is 4.21. The number of likely N-dealkylation sites (tertiary alicyclic amines) is 1. The van der Waals surface area contributed by atoms with Crippen LogP contribution in [-0.4, -0.2) is 45.7 Å². The fourth-order valence-electron chi connectivity index (χ4n) is 3.87. The van der Waals surface area contributed by atoms with E-state index in [1.54, 1.807) is 19.6 Å². The van der Waals surface area contributed by atoms with Gasteiger partial charge in [0.2, 0.25) is 0 Å². The first-order valence-corrected chi connectivity index (χ1v) is 9.80. The smallest absolute Gasteiger partial charge is 0.321 e. The third-order valence-electron chi connectivity index (χ3n) is 5.35. The zero-order valence-electron chi connectivity index (χ0n) is 16.5. The number of methoxy groups -OCH3 is 1. The van der Waals surface area contributed by atoms with E-state index in [1.165, 1.54) is 0 Å². The summed E-state index contributed by atoms with van der Waals surface area (Å²) in [6.45, 7) is 1.22. The van der Waals surface area contributed by atoms with Crippen LogP contribution < -0.4 is 10.1 Å². The maximum atomic E-state index is 12.8. The van der Waals surface area contributed by atoms with Crippen LogP contribution in [0.25, 0.3) is 22.7 Å². The van der Waals surface area contributed by atoms with Crippen LogP contribution in [-0.2, 0) is 0 Å². The standard InChI is InChI=1S/C22H21N5O3/c1-29-17-8-6-15(7-9-17)24-22(28)26-12-10-16(14-26)27-20-18(4-2-11-23-20)25-21(27)19-5-3-13-30-19/h2-9,11,13,16H,10,12,14H2,1H3,(H,24,28)/t16-/m0/s1. The molecule has 3 aromatic heterocycles. The van der Waals surface area contributed by atoms with Crippen molar-refractivity contribution in [1.82, 2.24) is 19.4 Å². The number of hydrogen-bond acceptors (Lipinski definition) is 5. The molecule has 1 aliphatic rings. The van der Waals surface area contributed by atoms with Crippen molar-refractivity contribution in [2.75, 3.05) is 25.5 Å². The summed E-state index contributed by atoms with van der Waals surface area (Å²) >= 11 is 0. The Labute approximate surface area is 173 Å². The Balaban J connectivity index is 1.38. The first-order chi connectivity index (χ1) is 14.7. The number of ether oxygens (including phenoxy) is 1. The average Bonchev–Trinajstić information content (AvgIpc) is 3.52. The van der Waals surface area contributed by atoms with Gasteiger partial charge in [-0.05, 0) is 55.0 Å². The fourth-order valence-corrected chi connectivity index (χ4v) is 3.87. The van der Waals surface area contributed by atoms with Crippen molar-refractivity contribution in [2.24, 2.45) is 0 Å². The highest BCUT2D eigenvalue weighted by Crippen LogP contribution is 2.32. The van der Waals surface area contributed by atoms with Crippen LogP contribution in [0.15, 0.2) is 65.4 Å². The number of amides is 2. The van der Waals surface area contributed by atoms with E-state index in [9.17, 15) is 4.79 Å². The summed E-state index contributed by atoms with van der Waals surface area (Å²) in [5.74, 6) is 2.17. The second-order valence-corrected chi connectivity index (χ2v) is 7.18. The number of nitrogens with zero attached hydrogens (tertiary/aromatic N) is 4. The third kappa shape index (κ3) is 3.26. The lowest BCUT2D eigenvalue weighted by Gasteiger charge is -2.19. The number of anilines is 1. The zero-order chi connectivity index (χ0) is 20.5. The van der Waals surface area contributed by atoms with Crippen molar-refractivity contribution in [3.05, 3.63) is 61.0 Å². The Hall–Kier alpha value is -3.81. The molecule has 0 unspecified atom stereocenters. The fraction of sp³-hybridized carbons (Fsp3) is 0.227. The number of imidazole rings is 1. The van der Waals surface area contributed by atoms with E-state index in [-0.39, 0.29) is 12.1 Å². The molecule has 1 aromatic carbocycles. The van der Waals surface area contributed by atoms with E-state index in [0.29, 0.717) is 18.8 Å². The summed E-state index contributed by atoms with van der Waals surface area (Å²) in [5.41, 5.74) is 2.34. The van der Waals surface area contributed by atoms with Crippen LogP contribution in [0.2, 0.25) is 0 Å². The molecule has 152 valence electrons.